The zero-order valence-corrected chi connectivity index (χ0v) is 10.1. The minimum absolute atomic E-state index is 0.183. The molecule has 0 heterocycles. The van der Waals surface area contributed by atoms with Gasteiger partial charge in [0, 0.05) is 22.3 Å². The number of hydrogen-bond donors (Lipinski definition) is 0. The summed E-state index contributed by atoms with van der Waals surface area (Å²) in [6, 6.07) is 7.50. The molecule has 0 aliphatic rings. The fourth-order valence-corrected chi connectivity index (χ4v) is 1.90. The maximum absolute atomic E-state index is 11.7. The lowest BCUT2D eigenvalue weighted by Gasteiger charge is -2.02. The first-order valence-corrected chi connectivity index (χ1v) is 5.92. The Morgan fingerprint density at radius 1 is 1.29 bits per heavy atom. The number of carbonyl (C=O) groups is 1. The first kappa shape index (κ1) is 11.7. The number of alkyl halides is 1. The van der Waals surface area contributed by atoms with Crippen LogP contribution in [-0.4, -0.2) is 11.7 Å². The van der Waals surface area contributed by atoms with Gasteiger partial charge >= 0.3 is 0 Å². The third-order valence-corrected chi connectivity index (χ3v) is 2.92. The number of unbranched alkanes of at least 4 members (excludes halogenated alkanes) is 1. The maximum atomic E-state index is 11.7. The molecule has 0 radical (unpaired) electrons. The Bertz CT molecular complexity index is 312. The second kappa shape index (κ2) is 6.20. The van der Waals surface area contributed by atoms with E-state index in [4.69, 9.17) is 11.6 Å². The Balaban J connectivity index is 2.56. The lowest BCUT2D eigenvalue weighted by atomic mass is 10.1. The van der Waals surface area contributed by atoms with Gasteiger partial charge in [-0.1, -0.05) is 34.1 Å². The van der Waals surface area contributed by atoms with Crippen molar-refractivity contribution in [3.05, 3.63) is 34.3 Å². The SMILES string of the molecule is O=C(CCCCCl)c1ccccc1Br. The Hall–Kier alpha value is -0.340. The predicted octanol–water partition coefficient (Wildman–Crippen LogP) is 4.04. The fraction of sp³-hybridized carbons (Fsp3) is 0.364. The molecule has 0 bridgehead atoms. The first-order valence-electron chi connectivity index (χ1n) is 4.59. The van der Waals surface area contributed by atoms with Crippen molar-refractivity contribution in [2.45, 2.75) is 19.3 Å². The highest BCUT2D eigenvalue weighted by molar-refractivity contribution is 9.10. The van der Waals surface area contributed by atoms with E-state index in [2.05, 4.69) is 15.9 Å². The van der Waals surface area contributed by atoms with Crippen LogP contribution in [0.3, 0.4) is 0 Å². The van der Waals surface area contributed by atoms with Gasteiger partial charge in [0.2, 0.25) is 0 Å². The smallest absolute Gasteiger partial charge is 0.164 e. The number of Topliss-reactive ketones (excluding diaryl/α,β-unsaturated/α-hetero) is 1. The summed E-state index contributed by atoms with van der Waals surface area (Å²) in [6.45, 7) is 0. The molecule has 0 atom stereocenters. The second-order valence-electron chi connectivity index (χ2n) is 3.05. The molecular formula is C11H12BrClO. The Morgan fingerprint density at radius 2 is 2.00 bits per heavy atom. The van der Waals surface area contributed by atoms with Crippen LogP contribution in [0.5, 0.6) is 0 Å². The van der Waals surface area contributed by atoms with Crippen LogP contribution in [0.1, 0.15) is 29.6 Å². The van der Waals surface area contributed by atoms with Crippen LogP contribution in [0.15, 0.2) is 28.7 Å². The standard InChI is InChI=1S/C11H12BrClO/c12-10-6-2-1-5-9(10)11(14)7-3-4-8-13/h1-2,5-6H,3-4,7-8H2. The molecule has 0 spiro atoms. The summed E-state index contributed by atoms with van der Waals surface area (Å²) in [5, 5.41) is 0. The summed E-state index contributed by atoms with van der Waals surface area (Å²) in [4.78, 5) is 11.7. The fourth-order valence-electron chi connectivity index (χ4n) is 1.20. The van der Waals surface area contributed by atoms with Gasteiger partial charge in [-0.15, -0.1) is 11.6 Å². The molecular weight excluding hydrogens is 263 g/mol. The zero-order valence-electron chi connectivity index (χ0n) is 7.80. The molecule has 14 heavy (non-hydrogen) atoms. The average Bonchev–Trinajstić information content (AvgIpc) is 2.18. The summed E-state index contributed by atoms with van der Waals surface area (Å²) < 4.78 is 0.871. The van der Waals surface area contributed by atoms with E-state index in [1.807, 2.05) is 24.3 Å². The van der Waals surface area contributed by atoms with Crippen molar-refractivity contribution in [2.75, 3.05) is 5.88 Å². The van der Waals surface area contributed by atoms with E-state index in [-0.39, 0.29) is 5.78 Å². The monoisotopic (exact) mass is 274 g/mol. The number of hydrogen-bond acceptors (Lipinski definition) is 1. The largest absolute Gasteiger partial charge is 0.294 e. The predicted molar refractivity (Wildman–Crippen MR) is 63.0 cm³/mol. The van der Waals surface area contributed by atoms with Crippen molar-refractivity contribution >= 4 is 33.3 Å². The Labute approximate surface area is 97.6 Å². The van der Waals surface area contributed by atoms with Gasteiger partial charge in [0.25, 0.3) is 0 Å². The van der Waals surface area contributed by atoms with Crippen LogP contribution >= 0.6 is 27.5 Å². The third-order valence-electron chi connectivity index (χ3n) is 1.96. The van der Waals surface area contributed by atoms with Gasteiger partial charge in [-0.3, -0.25) is 4.79 Å². The molecule has 1 aromatic carbocycles. The van der Waals surface area contributed by atoms with E-state index >= 15 is 0 Å². The molecule has 0 N–H and O–H groups in total. The van der Waals surface area contributed by atoms with Crippen LogP contribution in [0.25, 0.3) is 0 Å². The number of rotatable bonds is 5. The van der Waals surface area contributed by atoms with Gasteiger partial charge in [0.15, 0.2) is 5.78 Å². The van der Waals surface area contributed by atoms with Crippen molar-refractivity contribution < 1.29 is 4.79 Å². The van der Waals surface area contributed by atoms with E-state index in [0.717, 1.165) is 22.9 Å². The summed E-state index contributed by atoms with van der Waals surface area (Å²) in [5.74, 6) is 0.811. The molecule has 0 saturated heterocycles. The summed E-state index contributed by atoms with van der Waals surface area (Å²) in [6.07, 6.45) is 2.34. The van der Waals surface area contributed by atoms with Crippen LogP contribution in [-0.2, 0) is 0 Å². The lowest BCUT2D eigenvalue weighted by molar-refractivity contribution is 0.0979. The normalized spacial score (nSPS) is 10.1. The maximum Gasteiger partial charge on any atom is 0.164 e. The van der Waals surface area contributed by atoms with Gasteiger partial charge in [-0.25, -0.2) is 0 Å². The van der Waals surface area contributed by atoms with Crippen LogP contribution in [0.2, 0.25) is 0 Å². The lowest BCUT2D eigenvalue weighted by Crippen LogP contribution is -1.99. The first-order chi connectivity index (χ1) is 6.75. The van der Waals surface area contributed by atoms with Crippen molar-refractivity contribution in [2.24, 2.45) is 0 Å². The number of benzene rings is 1. The van der Waals surface area contributed by atoms with Crippen LogP contribution in [0, 0.1) is 0 Å². The highest BCUT2D eigenvalue weighted by Crippen LogP contribution is 2.18. The van der Waals surface area contributed by atoms with E-state index in [9.17, 15) is 4.79 Å². The molecule has 0 fully saturated rings. The summed E-state index contributed by atoms with van der Waals surface area (Å²) in [5.41, 5.74) is 0.766. The molecule has 1 aromatic rings. The quantitative estimate of drug-likeness (QED) is 0.450. The Morgan fingerprint density at radius 3 is 2.64 bits per heavy atom. The Kier molecular flexibility index (Phi) is 5.20. The minimum atomic E-state index is 0.183. The average molecular weight is 276 g/mol. The van der Waals surface area contributed by atoms with Crippen molar-refractivity contribution in [3.8, 4) is 0 Å². The van der Waals surface area contributed by atoms with E-state index in [1.165, 1.54) is 0 Å². The van der Waals surface area contributed by atoms with Gasteiger partial charge in [0.05, 0.1) is 0 Å². The highest BCUT2D eigenvalue weighted by atomic mass is 79.9. The van der Waals surface area contributed by atoms with E-state index in [0.29, 0.717) is 12.3 Å². The van der Waals surface area contributed by atoms with Gasteiger partial charge < -0.3 is 0 Å². The molecule has 1 nitrogen and oxygen atoms in total. The molecule has 1 rings (SSSR count). The zero-order chi connectivity index (χ0) is 10.4. The van der Waals surface area contributed by atoms with Crippen molar-refractivity contribution in [1.82, 2.24) is 0 Å². The molecule has 0 aliphatic heterocycles. The molecule has 0 aromatic heterocycles. The van der Waals surface area contributed by atoms with Crippen molar-refractivity contribution in [1.29, 1.82) is 0 Å². The molecule has 3 heteroatoms. The number of carbonyl (C=O) groups excluding carboxylic acids is 1. The number of halogens is 2. The summed E-state index contributed by atoms with van der Waals surface area (Å²) >= 11 is 8.90. The molecule has 0 unspecified atom stereocenters. The van der Waals surface area contributed by atoms with E-state index < -0.39 is 0 Å². The molecule has 0 saturated carbocycles. The highest BCUT2D eigenvalue weighted by Gasteiger charge is 2.07. The second-order valence-corrected chi connectivity index (χ2v) is 4.28. The molecule has 76 valence electrons. The topological polar surface area (TPSA) is 17.1 Å². The summed E-state index contributed by atoms with van der Waals surface area (Å²) in [7, 11) is 0. The number of ketones is 1. The van der Waals surface area contributed by atoms with Gasteiger partial charge in [-0.05, 0) is 18.9 Å². The van der Waals surface area contributed by atoms with Crippen LogP contribution in [0.4, 0.5) is 0 Å². The third kappa shape index (κ3) is 3.43. The van der Waals surface area contributed by atoms with E-state index in [1.54, 1.807) is 0 Å². The molecule has 0 amide bonds. The minimum Gasteiger partial charge on any atom is -0.294 e. The van der Waals surface area contributed by atoms with Gasteiger partial charge in [-0.2, -0.15) is 0 Å². The van der Waals surface area contributed by atoms with Crippen LogP contribution < -0.4 is 0 Å². The molecule has 0 aliphatic carbocycles. The van der Waals surface area contributed by atoms with Crippen molar-refractivity contribution in [3.63, 3.8) is 0 Å². The van der Waals surface area contributed by atoms with Gasteiger partial charge in [0.1, 0.15) is 0 Å².